The Balaban J connectivity index is 1.30. The highest BCUT2D eigenvalue weighted by atomic mass is 32.1. The predicted octanol–water partition coefficient (Wildman–Crippen LogP) is 3.24. The minimum absolute atomic E-state index is 0.153. The first-order valence-electron chi connectivity index (χ1n) is 15.3. The van der Waals surface area contributed by atoms with Gasteiger partial charge >= 0.3 is 5.97 Å². The van der Waals surface area contributed by atoms with Crippen LogP contribution in [0.15, 0.2) is 46.4 Å². The highest BCUT2D eigenvalue weighted by molar-refractivity contribution is 7.19. The number of pyridine rings is 2. The van der Waals surface area contributed by atoms with Crippen LogP contribution in [0, 0.1) is 0 Å². The van der Waals surface area contributed by atoms with Gasteiger partial charge in [0, 0.05) is 66.9 Å². The first-order chi connectivity index (χ1) is 22.2. The molecule has 7 rings (SSSR count). The van der Waals surface area contributed by atoms with Gasteiger partial charge in [-0.3, -0.25) is 24.0 Å². The lowest BCUT2D eigenvalue weighted by molar-refractivity contribution is -0.142. The highest BCUT2D eigenvalue weighted by Crippen LogP contribution is 2.35. The molecule has 0 aromatic carbocycles. The molecule has 5 aromatic rings. The van der Waals surface area contributed by atoms with Crippen LogP contribution in [0.25, 0.3) is 27.0 Å². The molecule has 0 fully saturated rings. The van der Waals surface area contributed by atoms with Crippen molar-refractivity contribution < 1.29 is 14.6 Å². The van der Waals surface area contributed by atoms with E-state index in [9.17, 15) is 19.5 Å². The average Bonchev–Trinajstić information content (AvgIpc) is 3.63. The van der Waals surface area contributed by atoms with Crippen LogP contribution in [-0.2, 0) is 49.1 Å². The molecule has 0 bridgehead atoms. The van der Waals surface area contributed by atoms with Crippen LogP contribution in [0.5, 0.6) is 0 Å². The fourth-order valence-corrected chi connectivity index (χ4v) is 7.59. The van der Waals surface area contributed by atoms with Crippen molar-refractivity contribution in [2.45, 2.75) is 65.5 Å². The van der Waals surface area contributed by atoms with Crippen molar-refractivity contribution in [3.05, 3.63) is 79.2 Å². The molecule has 1 unspecified atom stereocenters. The quantitative estimate of drug-likeness (QED) is 0.254. The molecular formula is C32H34N8O5S. The third-order valence-electron chi connectivity index (χ3n) is 8.67. The van der Waals surface area contributed by atoms with Gasteiger partial charge in [0.1, 0.15) is 23.2 Å². The van der Waals surface area contributed by atoms with Gasteiger partial charge in [-0.1, -0.05) is 0 Å². The molecule has 13 nitrogen and oxygen atoms in total. The minimum atomic E-state index is -0.570. The van der Waals surface area contributed by atoms with Gasteiger partial charge in [-0.25, -0.2) is 4.98 Å². The Hall–Kier alpha value is -4.66. The number of esters is 1. The van der Waals surface area contributed by atoms with Crippen molar-refractivity contribution >= 4 is 38.9 Å². The number of aryl methyl sites for hydroxylation is 3. The molecule has 2 N–H and O–H groups in total. The van der Waals surface area contributed by atoms with E-state index in [-0.39, 0.29) is 23.5 Å². The summed E-state index contributed by atoms with van der Waals surface area (Å²) in [6.07, 6.45) is 8.55. The number of hydrogen-bond acceptors (Lipinski definition) is 11. The second-order valence-electron chi connectivity index (χ2n) is 11.8. The Bertz CT molecular complexity index is 2110. The first-order valence-corrected chi connectivity index (χ1v) is 16.1. The molecule has 46 heavy (non-hydrogen) atoms. The van der Waals surface area contributed by atoms with Crippen molar-refractivity contribution in [1.29, 1.82) is 0 Å². The summed E-state index contributed by atoms with van der Waals surface area (Å²) in [7, 11) is 1.65. The summed E-state index contributed by atoms with van der Waals surface area (Å²) >= 11 is 1.52. The third kappa shape index (κ3) is 5.42. The standard InChI is InChI=1S/C32H34N8O5S/c1-18(41)38-10-11-39-21(16-38)13-28(36-39)35-26-12-20(15-37(3)31(26)43)22-8-9-33-30(25(22)17-45-19(2)42)40-32(44)29-24(14-34-40)23-6-4-5-7-27(23)46-29/h8-9,12-15,18,41H,4-7,10-11,16-17H2,1-3H3,(H,35,36). The van der Waals surface area contributed by atoms with Gasteiger partial charge in [0.2, 0.25) is 0 Å². The molecular weight excluding hydrogens is 608 g/mol. The number of nitrogens with zero attached hydrogens (tertiary/aromatic N) is 7. The smallest absolute Gasteiger partial charge is 0.302 e. The van der Waals surface area contributed by atoms with Gasteiger partial charge in [0.25, 0.3) is 11.1 Å². The molecule has 238 valence electrons. The molecule has 5 aromatic heterocycles. The fraction of sp³-hybridized carbons (Fsp3) is 0.375. The zero-order valence-corrected chi connectivity index (χ0v) is 26.6. The molecule has 0 spiro atoms. The first kappa shape index (κ1) is 30.0. The van der Waals surface area contributed by atoms with E-state index >= 15 is 0 Å². The van der Waals surface area contributed by atoms with Gasteiger partial charge in [-0.15, -0.1) is 11.3 Å². The van der Waals surface area contributed by atoms with E-state index in [0.717, 1.165) is 36.8 Å². The van der Waals surface area contributed by atoms with Gasteiger partial charge in [-0.05, 0) is 55.9 Å². The van der Waals surface area contributed by atoms with Gasteiger partial charge < -0.3 is 19.7 Å². The lowest BCUT2D eigenvalue weighted by Gasteiger charge is -2.29. The second-order valence-corrected chi connectivity index (χ2v) is 12.9. The topological polar surface area (TPSA) is 149 Å². The Kier molecular flexibility index (Phi) is 7.79. The van der Waals surface area contributed by atoms with Gasteiger partial charge in [0.05, 0.1) is 18.4 Å². The Morgan fingerprint density at radius 3 is 2.80 bits per heavy atom. The van der Waals surface area contributed by atoms with Crippen molar-refractivity contribution in [3.8, 4) is 16.9 Å². The number of hydrogen-bond donors (Lipinski definition) is 2. The average molecular weight is 643 g/mol. The Morgan fingerprint density at radius 1 is 1.17 bits per heavy atom. The molecule has 1 aliphatic heterocycles. The summed E-state index contributed by atoms with van der Waals surface area (Å²) in [5.74, 6) is 0.281. The fourth-order valence-electron chi connectivity index (χ4n) is 6.30. The van der Waals surface area contributed by atoms with E-state index in [0.29, 0.717) is 52.5 Å². The van der Waals surface area contributed by atoms with Crippen molar-refractivity contribution in [1.82, 2.24) is 34.0 Å². The Labute approximate surface area is 267 Å². The summed E-state index contributed by atoms with van der Waals surface area (Å²) in [6, 6.07) is 5.35. The molecule has 0 amide bonds. The highest BCUT2D eigenvalue weighted by Gasteiger charge is 2.24. The number of aromatic nitrogens is 6. The summed E-state index contributed by atoms with van der Waals surface area (Å²) < 4.78 is 10.7. The molecule has 2 aliphatic rings. The maximum absolute atomic E-state index is 13.9. The SMILES string of the molecule is CC(=O)OCc1c(-c2cc(Nc3cc4n(n3)CCN(C(C)O)C4)c(=O)n(C)c2)ccnc1-n1ncc2c3c(sc2c1=O)CCCC3. The van der Waals surface area contributed by atoms with E-state index in [2.05, 4.69) is 20.5 Å². The van der Waals surface area contributed by atoms with Crippen LogP contribution in [0.1, 0.15) is 48.4 Å². The van der Waals surface area contributed by atoms with Crippen LogP contribution in [0.3, 0.4) is 0 Å². The number of anilines is 2. The number of ether oxygens (including phenoxy) is 1. The molecule has 0 saturated carbocycles. The van der Waals surface area contributed by atoms with Crippen molar-refractivity contribution in [2.75, 3.05) is 11.9 Å². The van der Waals surface area contributed by atoms with E-state index < -0.39 is 12.2 Å². The largest absolute Gasteiger partial charge is 0.461 e. The van der Waals surface area contributed by atoms with Crippen LogP contribution in [0.4, 0.5) is 11.5 Å². The lowest BCUT2D eigenvalue weighted by atomic mass is 9.97. The minimum Gasteiger partial charge on any atom is -0.461 e. The van der Waals surface area contributed by atoms with Crippen molar-refractivity contribution in [3.63, 3.8) is 0 Å². The number of fused-ring (bicyclic) bond motifs is 4. The van der Waals surface area contributed by atoms with Gasteiger partial charge in [0.15, 0.2) is 11.6 Å². The Morgan fingerprint density at radius 2 is 2.00 bits per heavy atom. The molecule has 1 aliphatic carbocycles. The number of aliphatic hydroxyl groups is 1. The summed E-state index contributed by atoms with van der Waals surface area (Å²) in [4.78, 5) is 46.8. The zero-order valence-electron chi connectivity index (χ0n) is 25.8. The maximum Gasteiger partial charge on any atom is 0.302 e. The summed E-state index contributed by atoms with van der Waals surface area (Å²) in [5.41, 5.74) is 3.64. The maximum atomic E-state index is 13.9. The molecule has 14 heteroatoms. The monoisotopic (exact) mass is 642 g/mol. The normalized spacial score (nSPS) is 15.4. The van der Waals surface area contributed by atoms with E-state index in [1.54, 1.807) is 44.7 Å². The van der Waals surface area contributed by atoms with Crippen LogP contribution < -0.4 is 16.4 Å². The van der Waals surface area contributed by atoms with Crippen LogP contribution >= 0.6 is 11.3 Å². The number of thiophene rings is 1. The molecule has 0 saturated heterocycles. The predicted molar refractivity (Wildman–Crippen MR) is 173 cm³/mol. The van der Waals surface area contributed by atoms with Gasteiger partial charge in [-0.2, -0.15) is 14.9 Å². The molecule has 0 radical (unpaired) electrons. The molecule has 1 atom stereocenters. The van der Waals surface area contributed by atoms with E-state index in [1.807, 2.05) is 15.6 Å². The third-order valence-corrected chi connectivity index (χ3v) is 9.96. The second kappa shape index (κ2) is 11.9. The van der Waals surface area contributed by atoms with E-state index in [4.69, 9.17) is 4.74 Å². The number of aliphatic hydroxyl groups excluding tert-OH is 1. The van der Waals surface area contributed by atoms with Crippen LogP contribution in [0.2, 0.25) is 0 Å². The number of nitrogens with one attached hydrogen (secondary N) is 1. The van der Waals surface area contributed by atoms with Crippen molar-refractivity contribution in [2.24, 2.45) is 7.05 Å². The summed E-state index contributed by atoms with van der Waals surface area (Å²) in [6.45, 7) is 4.73. The molecule has 6 heterocycles. The number of rotatable bonds is 7. The number of carbonyl (C=O) groups is 1. The number of carbonyl (C=O) groups excluding carboxylic acids is 1. The lowest BCUT2D eigenvalue weighted by Crippen LogP contribution is -2.39. The van der Waals surface area contributed by atoms with Crippen LogP contribution in [-0.4, -0.2) is 57.9 Å². The van der Waals surface area contributed by atoms with E-state index in [1.165, 1.54) is 38.0 Å². The zero-order chi connectivity index (χ0) is 32.1. The summed E-state index contributed by atoms with van der Waals surface area (Å²) in [5, 5.41) is 23.3.